The van der Waals surface area contributed by atoms with Crippen LogP contribution in [0.15, 0.2) is 58.8 Å². The number of nitro groups is 1. The van der Waals surface area contributed by atoms with Crippen molar-refractivity contribution in [1.82, 2.24) is 14.2 Å². The summed E-state index contributed by atoms with van der Waals surface area (Å²) >= 11 is 1.19. The second-order valence-electron chi connectivity index (χ2n) is 7.91. The van der Waals surface area contributed by atoms with E-state index >= 15 is 0 Å². The first-order chi connectivity index (χ1) is 17.7. The number of hydrogen-bond acceptors (Lipinski definition) is 9. The third-order valence-corrected chi connectivity index (χ3v) is 8.29. The van der Waals surface area contributed by atoms with Crippen LogP contribution in [-0.2, 0) is 14.8 Å². The smallest absolute Gasteiger partial charge is 0.409 e. The van der Waals surface area contributed by atoms with Gasteiger partial charge >= 0.3 is 6.09 Å². The number of nitro benzene ring substituents is 1. The van der Waals surface area contributed by atoms with Crippen LogP contribution in [0.2, 0.25) is 0 Å². The van der Waals surface area contributed by atoms with Crippen molar-refractivity contribution < 1.29 is 27.7 Å². The van der Waals surface area contributed by atoms with Crippen molar-refractivity contribution in [3.05, 3.63) is 69.6 Å². The largest absolute Gasteiger partial charge is 0.450 e. The Kier molecular flexibility index (Phi) is 7.80. The first-order valence-electron chi connectivity index (χ1n) is 11.2. The number of anilines is 1. The number of non-ortho nitro benzene ring substituents is 1. The van der Waals surface area contributed by atoms with E-state index in [0.717, 1.165) is 0 Å². The van der Waals surface area contributed by atoms with Gasteiger partial charge in [0.15, 0.2) is 5.13 Å². The van der Waals surface area contributed by atoms with Crippen LogP contribution in [0.3, 0.4) is 0 Å². The lowest BCUT2D eigenvalue weighted by Crippen LogP contribution is -2.50. The molecular formula is C23H23N5O7S2. The van der Waals surface area contributed by atoms with Crippen LogP contribution >= 0.6 is 11.3 Å². The van der Waals surface area contributed by atoms with Crippen LogP contribution in [0, 0.1) is 10.1 Å². The predicted molar refractivity (Wildman–Crippen MR) is 136 cm³/mol. The van der Waals surface area contributed by atoms with Crippen molar-refractivity contribution >= 4 is 44.2 Å². The zero-order valence-electron chi connectivity index (χ0n) is 19.7. The van der Waals surface area contributed by atoms with Gasteiger partial charge in [-0.05, 0) is 43.3 Å². The number of nitrogens with one attached hydrogen (secondary N) is 1. The molecular weight excluding hydrogens is 522 g/mol. The van der Waals surface area contributed by atoms with E-state index in [0.29, 0.717) is 16.4 Å². The van der Waals surface area contributed by atoms with Gasteiger partial charge in [-0.2, -0.15) is 4.31 Å². The van der Waals surface area contributed by atoms with Crippen molar-refractivity contribution in [3.63, 3.8) is 0 Å². The van der Waals surface area contributed by atoms with Crippen LogP contribution in [0.1, 0.15) is 17.3 Å². The lowest BCUT2D eigenvalue weighted by atomic mass is 10.1. The number of hydrogen-bond donors (Lipinski definition) is 1. The number of amides is 2. The quantitative estimate of drug-likeness (QED) is 0.350. The topological polar surface area (TPSA) is 152 Å². The van der Waals surface area contributed by atoms with Gasteiger partial charge in [-0.3, -0.25) is 20.2 Å². The summed E-state index contributed by atoms with van der Waals surface area (Å²) in [5.41, 5.74) is 1.44. The van der Waals surface area contributed by atoms with Crippen LogP contribution < -0.4 is 5.32 Å². The Balaban J connectivity index is 1.38. The second kappa shape index (κ2) is 11.0. The highest BCUT2D eigenvalue weighted by Crippen LogP contribution is 2.27. The minimum atomic E-state index is -3.79. The number of carbonyl (C=O) groups is 2. The average Bonchev–Trinajstić information content (AvgIpc) is 3.37. The summed E-state index contributed by atoms with van der Waals surface area (Å²) in [6, 6.07) is 11.5. The zero-order chi connectivity index (χ0) is 26.6. The summed E-state index contributed by atoms with van der Waals surface area (Å²) in [6.07, 6.45) is -0.463. The summed E-state index contributed by atoms with van der Waals surface area (Å²) in [5.74, 6) is -0.461. The van der Waals surface area contributed by atoms with Crippen LogP contribution in [0.4, 0.5) is 15.6 Å². The second-order valence-corrected chi connectivity index (χ2v) is 10.7. The van der Waals surface area contributed by atoms with Crippen LogP contribution in [0.5, 0.6) is 0 Å². The number of nitrogens with zero attached hydrogens (tertiary/aromatic N) is 4. The van der Waals surface area contributed by atoms with Gasteiger partial charge in [0.1, 0.15) is 0 Å². The fraction of sp³-hybridized carbons (Fsp3) is 0.261. The third-order valence-electron chi connectivity index (χ3n) is 5.62. The molecule has 2 heterocycles. The maximum absolute atomic E-state index is 13.0. The van der Waals surface area contributed by atoms with Gasteiger partial charge in [0, 0.05) is 54.8 Å². The highest BCUT2D eigenvalue weighted by atomic mass is 32.2. The number of ether oxygens (including phenoxy) is 1. The molecule has 1 fully saturated rings. The fourth-order valence-corrected chi connectivity index (χ4v) is 5.78. The molecule has 0 saturated carbocycles. The van der Waals surface area contributed by atoms with Crippen molar-refractivity contribution in [2.45, 2.75) is 11.8 Å². The van der Waals surface area contributed by atoms with Crippen molar-refractivity contribution in [2.24, 2.45) is 0 Å². The molecule has 0 atom stereocenters. The fourth-order valence-electron chi connectivity index (χ4n) is 3.64. The summed E-state index contributed by atoms with van der Waals surface area (Å²) in [6.45, 7) is 2.71. The Labute approximate surface area is 216 Å². The van der Waals surface area contributed by atoms with E-state index in [4.69, 9.17) is 4.74 Å². The number of benzene rings is 2. The molecule has 0 bridgehead atoms. The molecule has 2 aromatic carbocycles. The van der Waals surface area contributed by atoms with Crippen LogP contribution in [0.25, 0.3) is 11.3 Å². The van der Waals surface area contributed by atoms with Gasteiger partial charge in [-0.1, -0.05) is 0 Å². The van der Waals surface area contributed by atoms with Gasteiger partial charge in [0.25, 0.3) is 11.6 Å². The van der Waals surface area contributed by atoms with Gasteiger partial charge in [0.2, 0.25) is 10.0 Å². The molecule has 1 N–H and O–H groups in total. The maximum Gasteiger partial charge on any atom is 0.409 e. The van der Waals surface area contributed by atoms with Crippen molar-refractivity contribution in [2.75, 3.05) is 38.1 Å². The van der Waals surface area contributed by atoms with Crippen molar-refractivity contribution in [1.29, 1.82) is 0 Å². The Morgan fingerprint density at radius 3 is 2.32 bits per heavy atom. The van der Waals surface area contributed by atoms with E-state index < -0.39 is 26.9 Å². The number of carbonyl (C=O) groups excluding carboxylic acids is 2. The Hall–Kier alpha value is -3.88. The summed E-state index contributed by atoms with van der Waals surface area (Å²) in [4.78, 5) is 40.7. The lowest BCUT2D eigenvalue weighted by Gasteiger charge is -2.33. The molecule has 3 aromatic rings. The number of thiazole rings is 1. The summed E-state index contributed by atoms with van der Waals surface area (Å²) < 4.78 is 32.3. The van der Waals surface area contributed by atoms with Gasteiger partial charge in [-0.15, -0.1) is 11.3 Å². The average molecular weight is 546 g/mol. The SMILES string of the molecule is CCOC(=O)N1CCN(S(=O)(=O)c2ccc(C(=O)Nc3nc(-c4ccc([N+](=O)[O-])cc4)cs3)cc2)CC1. The molecule has 194 valence electrons. The summed E-state index contributed by atoms with van der Waals surface area (Å²) in [7, 11) is -3.79. The van der Waals surface area contributed by atoms with E-state index in [-0.39, 0.29) is 48.9 Å². The predicted octanol–water partition coefficient (Wildman–Crippen LogP) is 3.43. The number of aromatic nitrogens is 1. The number of sulfonamides is 1. The number of rotatable bonds is 7. The first kappa shape index (κ1) is 26.2. The van der Waals surface area contributed by atoms with Gasteiger partial charge in [-0.25, -0.2) is 18.2 Å². The molecule has 4 rings (SSSR count). The molecule has 2 amide bonds. The van der Waals surface area contributed by atoms with E-state index in [1.54, 1.807) is 24.4 Å². The normalized spacial score (nSPS) is 14.2. The van der Waals surface area contributed by atoms with Crippen LogP contribution in [-0.4, -0.2) is 72.3 Å². The van der Waals surface area contributed by atoms with E-state index in [9.17, 15) is 28.1 Å². The highest BCUT2D eigenvalue weighted by Gasteiger charge is 2.30. The molecule has 14 heteroatoms. The molecule has 37 heavy (non-hydrogen) atoms. The molecule has 1 aliphatic rings. The van der Waals surface area contributed by atoms with Gasteiger partial charge in [0.05, 0.1) is 22.1 Å². The zero-order valence-corrected chi connectivity index (χ0v) is 21.3. The minimum Gasteiger partial charge on any atom is -0.450 e. The minimum absolute atomic E-state index is 0.0306. The molecule has 1 aromatic heterocycles. The third kappa shape index (κ3) is 5.93. The Bertz CT molecular complexity index is 1400. The van der Waals surface area contributed by atoms with E-state index in [2.05, 4.69) is 10.3 Å². The molecule has 0 spiro atoms. The molecule has 1 aliphatic heterocycles. The standard InChI is InChI=1S/C23H23N5O7S2/c1-2-35-23(30)26-11-13-27(14-12-26)37(33,34)19-9-5-17(6-10-19)21(29)25-22-24-20(15-36-22)16-3-7-18(8-4-16)28(31)32/h3-10,15H,2,11-14H2,1H3,(H,24,25,29). The highest BCUT2D eigenvalue weighted by molar-refractivity contribution is 7.89. The van der Waals surface area contributed by atoms with E-state index in [1.807, 2.05) is 0 Å². The molecule has 0 aliphatic carbocycles. The van der Waals surface area contributed by atoms with E-state index in [1.165, 1.54) is 56.9 Å². The Morgan fingerprint density at radius 2 is 1.73 bits per heavy atom. The molecule has 1 saturated heterocycles. The summed E-state index contributed by atoms with van der Waals surface area (Å²) in [5, 5.41) is 15.5. The van der Waals surface area contributed by atoms with Crippen molar-refractivity contribution in [3.8, 4) is 11.3 Å². The molecule has 12 nitrogen and oxygen atoms in total. The molecule has 0 radical (unpaired) electrons. The lowest BCUT2D eigenvalue weighted by molar-refractivity contribution is -0.384. The van der Waals surface area contributed by atoms with Gasteiger partial charge < -0.3 is 9.64 Å². The Morgan fingerprint density at radius 1 is 1.08 bits per heavy atom. The maximum atomic E-state index is 13.0. The number of piperazine rings is 1. The monoisotopic (exact) mass is 545 g/mol. The first-order valence-corrected chi connectivity index (χ1v) is 13.5. The molecule has 0 unspecified atom stereocenters.